The van der Waals surface area contributed by atoms with Gasteiger partial charge in [0, 0.05) is 17.6 Å². The third-order valence-electron chi connectivity index (χ3n) is 3.51. The minimum Gasteiger partial charge on any atom is -0.492 e. The van der Waals surface area contributed by atoms with Crippen LogP contribution in [0, 0.1) is 5.92 Å². The zero-order valence-corrected chi connectivity index (χ0v) is 13.3. The summed E-state index contributed by atoms with van der Waals surface area (Å²) in [6, 6.07) is 7.82. The zero-order valence-electron chi connectivity index (χ0n) is 11.7. The summed E-state index contributed by atoms with van der Waals surface area (Å²) in [7, 11) is 1.46. The number of esters is 1. The van der Waals surface area contributed by atoms with Crippen LogP contribution in [-0.4, -0.2) is 44.2 Å². The first-order chi connectivity index (χ1) is 9.69. The highest BCUT2D eigenvalue weighted by molar-refractivity contribution is 9.10. The smallest absolute Gasteiger partial charge is 0.309 e. The van der Waals surface area contributed by atoms with Gasteiger partial charge in [0.25, 0.3) is 0 Å². The third-order valence-corrected chi connectivity index (χ3v) is 4.01. The van der Waals surface area contributed by atoms with Gasteiger partial charge in [-0.1, -0.05) is 22.0 Å². The lowest BCUT2D eigenvalue weighted by atomic mass is 9.98. The van der Waals surface area contributed by atoms with E-state index in [1.807, 2.05) is 24.3 Å². The van der Waals surface area contributed by atoms with E-state index in [0.29, 0.717) is 6.61 Å². The van der Waals surface area contributed by atoms with E-state index in [1.165, 1.54) is 7.11 Å². The number of hydrogen-bond donors (Lipinski definition) is 0. The maximum atomic E-state index is 11.6. The van der Waals surface area contributed by atoms with Crippen molar-refractivity contribution in [3.8, 4) is 5.75 Å². The number of ether oxygens (including phenoxy) is 2. The summed E-state index contributed by atoms with van der Waals surface area (Å²) in [5.41, 5.74) is 0. The van der Waals surface area contributed by atoms with Crippen molar-refractivity contribution >= 4 is 21.9 Å². The van der Waals surface area contributed by atoms with Gasteiger partial charge < -0.3 is 9.47 Å². The number of halogens is 1. The second kappa shape index (κ2) is 7.64. The Kier molecular flexibility index (Phi) is 5.86. The summed E-state index contributed by atoms with van der Waals surface area (Å²) in [4.78, 5) is 13.8. The first-order valence-electron chi connectivity index (χ1n) is 6.87. The van der Waals surface area contributed by atoms with Gasteiger partial charge >= 0.3 is 5.97 Å². The lowest BCUT2D eigenvalue weighted by Crippen LogP contribution is -2.41. The van der Waals surface area contributed by atoms with Crippen molar-refractivity contribution in [2.75, 3.05) is 33.4 Å². The van der Waals surface area contributed by atoms with Gasteiger partial charge in [-0.2, -0.15) is 0 Å². The minimum absolute atomic E-state index is 0.0135. The third kappa shape index (κ3) is 4.49. The Morgan fingerprint density at radius 3 is 3.10 bits per heavy atom. The van der Waals surface area contributed by atoms with Gasteiger partial charge in [-0.05, 0) is 37.6 Å². The lowest BCUT2D eigenvalue weighted by Gasteiger charge is -2.31. The summed E-state index contributed by atoms with van der Waals surface area (Å²) in [5.74, 6) is 0.781. The molecule has 1 aliphatic rings. The standard InChI is InChI=1S/C15H20BrNO3/c1-19-15(18)12-4-3-7-17(11-12)8-9-20-14-6-2-5-13(16)10-14/h2,5-6,10,12H,3-4,7-9,11H2,1H3/t12-/m0/s1. The molecular formula is C15H20BrNO3. The summed E-state index contributed by atoms with van der Waals surface area (Å²) >= 11 is 3.42. The van der Waals surface area contributed by atoms with Crippen LogP contribution in [0.4, 0.5) is 0 Å². The van der Waals surface area contributed by atoms with Crippen molar-refractivity contribution in [2.24, 2.45) is 5.92 Å². The summed E-state index contributed by atoms with van der Waals surface area (Å²) < 4.78 is 11.6. The molecular weight excluding hydrogens is 322 g/mol. The Labute approximate surface area is 128 Å². The molecule has 4 nitrogen and oxygen atoms in total. The molecule has 0 N–H and O–H groups in total. The fourth-order valence-corrected chi connectivity index (χ4v) is 2.85. The molecule has 1 aromatic rings. The number of piperidine rings is 1. The Balaban J connectivity index is 1.75. The molecule has 0 bridgehead atoms. The number of likely N-dealkylation sites (tertiary alicyclic amines) is 1. The van der Waals surface area contributed by atoms with Crippen LogP contribution in [0.2, 0.25) is 0 Å². The summed E-state index contributed by atoms with van der Waals surface area (Å²) in [6.07, 6.45) is 1.96. The molecule has 1 fully saturated rings. The average Bonchev–Trinajstić information content (AvgIpc) is 2.47. The highest BCUT2D eigenvalue weighted by Crippen LogP contribution is 2.19. The van der Waals surface area contributed by atoms with Crippen LogP contribution < -0.4 is 4.74 Å². The van der Waals surface area contributed by atoms with E-state index in [0.717, 1.165) is 42.7 Å². The van der Waals surface area contributed by atoms with Crippen molar-refractivity contribution < 1.29 is 14.3 Å². The van der Waals surface area contributed by atoms with E-state index in [2.05, 4.69) is 20.8 Å². The molecule has 0 spiro atoms. The fourth-order valence-electron chi connectivity index (χ4n) is 2.47. The van der Waals surface area contributed by atoms with Gasteiger partial charge in [0.05, 0.1) is 13.0 Å². The van der Waals surface area contributed by atoms with E-state index in [9.17, 15) is 4.79 Å². The molecule has 0 aliphatic carbocycles. The Bertz CT molecular complexity index is 452. The van der Waals surface area contributed by atoms with Crippen LogP contribution in [0.15, 0.2) is 28.7 Å². The van der Waals surface area contributed by atoms with E-state index in [1.54, 1.807) is 0 Å². The number of carbonyl (C=O) groups is 1. The van der Waals surface area contributed by atoms with E-state index in [4.69, 9.17) is 9.47 Å². The molecule has 20 heavy (non-hydrogen) atoms. The van der Waals surface area contributed by atoms with Gasteiger partial charge in [0.15, 0.2) is 0 Å². The molecule has 1 atom stereocenters. The van der Waals surface area contributed by atoms with Crippen LogP contribution in [0.25, 0.3) is 0 Å². The molecule has 0 unspecified atom stereocenters. The predicted octanol–water partition coefficient (Wildman–Crippen LogP) is 2.71. The van der Waals surface area contributed by atoms with Crippen LogP contribution >= 0.6 is 15.9 Å². The molecule has 1 aliphatic heterocycles. The van der Waals surface area contributed by atoms with Crippen LogP contribution in [0.1, 0.15) is 12.8 Å². The Morgan fingerprint density at radius 2 is 2.35 bits per heavy atom. The average molecular weight is 342 g/mol. The molecule has 110 valence electrons. The number of nitrogens with zero attached hydrogens (tertiary/aromatic N) is 1. The number of benzene rings is 1. The second-order valence-corrected chi connectivity index (χ2v) is 5.88. The molecule has 0 saturated carbocycles. The molecule has 1 aromatic carbocycles. The maximum Gasteiger partial charge on any atom is 0.309 e. The summed E-state index contributed by atoms with van der Waals surface area (Å²) in [5, 5.41) is 0. The van der Waals surface area contributed by atoms with E-state index >= 15 is 0 Å². The van der Waals surface area contributed by atoms with Gasteiger partial charge in [-0.25, -0.2) is 0 Å². The van der Waals surface area contributed by atoms with E-state index < -0.39 is 0 Å². The first-order valence-corrected chi connectivity index (χ1v) is 7.67. The van der Waals surface area contributed by atoms with Crippen LogP contribution in [-0.2, 0) is 9.53 Å². The molecule has 1 heterocycles. The van der Waals surface area contributed by atoms with Crippen molar-refractivity contribution in [1.82, 2.24) is 4.90 Å². The van der Waals surface area contributed by atoms with E-state index in [-0.39, 0.29) is 11.9 Å². The highest BCUT2D eigenvalue weighted by atomic mass is 79.9. The molecule has 1 saturated heterocycles. The monoisotopic (exact) mass is 341 g/mol. The van der Waals surface area contributed by atoms with Crippen LogP contribution in [0.5, 0.6) is 5.75 Å². The SMILES string of the molecule is COC(=O)[C@H]1CCCN(CCOc2cccc(Br)c2)C1. The maximum absolute atomic E-state index is 11.6. The van der Waals surface area contributed by atoms with Gasteiger partial charge in [-0.3, -0.25) is 9.69 Å². The molecule has 2 rings (SSSR count). The molecule has 0 aromatic heterocycles. The lowest BCUT2D eigenvalue weighted by molar-refractivity contribution is -0.147. The van der Waals surface area contributed by atoms with Gasteiger partial charge in [0.1, 0.15) is 12.4 Å². The Morgan fingerprint density at radius 1 is 1.50 bits per heavy atom. The topological polar surface area (TPSA) is 38.8 Å². The van der Waals surface area contributed by atoms with Gasteiger partial charge in [-0.15, -0.1) is 0 Å². The molecule has 0 radical (unpaired) electrons. The molecule has 5 heteroatoms. The number of methoxy groups -OCH3 is 1. The second-order valence-electron chi connectivity index (χ2n) is 4.97. The van der Waals surface area contributed by atoms with Gasteiger partial charge in [0.2, 0.25) is 0 Å². The highest BCUT2D eigenvalue weighted by Gasteiger charge is 2.26. The van der Waals surface area contributed by atoms with Crippen molar-refractivity contribution in [3.63, 3.8) is 0 Å². The zero-order chi connectivity index (χ0) is 14.4. The number of rotatable bonds is 5. The summed E-state index contributed by atoms with van der Waals surface area (Å²) in [6.45, 7) is 3.26. The van der Waals surface area contributed by atoms with Crippen molar-refractivity contribution in [1.29, 1.82) is 0 Å². The van der Waals surface area contributed by atoms with Crippen molar-refractivity contribution in [3.05, 3.63) is 28.7 Å². The largest absolute Gasteiger partial charge is 0.492 e. The normalized spacial score (nSPS) is 19.6. The quantitative estimate of drug-likeness (QED) is 0.772. The van der Waals surface area contributed by atoms with Crippen molar-refractivity contribution in [2.45, 2.75) is 12.8 Å². The first kappa shape index (κ1) is 15.3. The predicted molar refractivity (Wildman–Crippen MR) is 80.8 cm³/mol. The molecule has 0 amide bonds. The fraction of sp³-hybridized carbons (Fsp3) is 0.533. The number of carbonyl (C=O) groups excluding carboxylic acids is 1. The Hall–Kier alpha value is -1.07. The number of hydrogen-bond acceptors (Lipinski definition) is 4. The minimum atomic E-state index is -0.0948. The van der Waals surface area contributed by atoms with Crippen LogP contribution in [0.3, 0.4) is 0 Å².